The van der Waals surface area contributed by atoms with Crippen molar-refractivity contribution in [1.82, 2.24) is 5.32 Å². The van der Waals surface area contributed by atoms with Crippen LogP contribution in [-0.4, -0.2) is 29.1 Å². The zero-order valence-electron chi connectivity index (χ0n) is 11.6. The lowest BCUT2D eigenvalue weighted by molar-refractivity contribution is -0.131. The zero-order valence-corrected chi connectivity index (χ0v) is 12.4. The highest BCUT2D eigenvalue weighted by Crippen LogP contribution is 2.34. The molecule has 1 atom stereocenters. The van der Waals surface area contributed by atoms with Crippen LogP contribution in [-0.2, 0) is 9.53 Å². The van der Waals surface area contributed by atoms with E-state index in [4.69, 9.17) is 22.7 Å². The van der Waals surface area contributed by atoms with Crippen LogP contribution in [0.2, 0.25) is 0 Å². The van der Waals surface area contributed by atoms with E-state index in [0.29, 0.717) is 11.6 Å². The Labute approximate surface area is 120 Å². The van der Waals surface area contributed by atoms with E-state index < -0.39 is 5.54 Å². The summed E-state index contributed by atoms with van der Waals surface area (Å²) < 4.78 is 5.43. The molecule has 0 spiro atoms. The number of carbonyl (C=O) groups is 1. The second kappa shape index (κ2) is 6.18. The third-order valence-electron chi connectivity index (χ3n) is 4.59. The summed E-state index contributed by atoms with van der Waals surface area (Å²) in [6, 6.07) is 0. The Balaban J connectivity index is 2.00. The highest BCUT2D eigenvalue weighted by Gasteiger charge is 2.40. The molecule has 0 aromatic carbocycles. The lowest BCUT2D eigenvalue weighted by Gasteiger charge is -2.40. The molecule has 2 rings (SSSR count). The number of thiocarbonyl (C=S) groups is 1. The molecule has 1 saturated carbocycles. The Morgan fingerprint density at radius 1 is 1.42 bits per heavy atom. The highest BCUT2D eigenvalue weighted by molar-refractivity contribution is 7.80. The Bertz CT molecular complexity index is 345. The molecule has 1 heterocycles. The van der Waals surface area contributed by atoms with Crippen molar-refractivity contribution in [1.29, 1.82) is 0 Å². The molecule has 3 N–H and O–H groups in total. The van der Waals surface area contributed by atoms with E-state index in [0.717, 1.165) is 44.4 Å². The molecule has 0 aromatic heterocycles. The van der Waals surface area contributed by atoms with E-state index in [1.807, 2.05) is 0 Å². The van der Waals surface area contributed by atoms with Crippen molar-refractivity contribution in [3.8, 4) is 0 Å². The quantitative estimate of drug-likeness (QED) is 0.774. The molecular weight excluding hydrogens is 260 g/mol. The molecule has 108 valence electrons. The molecule has 1 aliphatic heterocycles. The smallest absolute Gasteiger partial charge is 0.249 e. The number of rotatable bonds is 4. The fourth-order valence-corrected chi connectivity index (χ4v) is 3.37. The van der Waals surface area contributed by atoms with Gasteiger partial charge < -0.3 is 15.8 Å². The van der Waals surface area contributed by atoms with Gasteiger partial charge in [-0.05, 0) is 44.4 Å². The van der Waals surface area contributed by atoms with Crippen LogP contribution in [0.4, 0.5) is 0 Å². The molecule has 4 nitrogen and oxygen atoms in total. The largest absolute Gasteiger partial charge is 0.391 e. The average molecular weight is 284 g/mol. The summed E-state index contributed by atoms with van der Waals surface area (Å²) in [5, 5.41) is 3.09. The van der Waals surface area contributed by atoms with Gasteiger partial charge in [-0.3, -0.25) is 4.79 Å². The minimum absolute atomic E-state index is 0.0414. The van der Waals surface area contributed by atoms with Gasteiger partial charge in [0.25, 0.3) is 0 Å². The van der Waals surface area contributed by atoms with Crippen LogP contribution in [0.1, 0.15) is 51.9 Å². The molecule has 19 heavy (non-hydrogen) atoms. The van der Waals surface area contributed by atoms with Gasteiger partial charge in [0.15, 0.2) is 0 Å². The first kappa shape index (κ1) is 14.7. The zero-order chi connectivity index (χ0) is 13.9. The molecule has 2 fully saturated rings. The van der Waals surface area contributed by atoms with Crippen molar-refractivity contribution < 1.29 is 9.53 Å². The molecule has 1 unspecified atom stereocenters. The second-order valence-corrected chi connectivity index (χ2v) is 6.23. The van der Waals surface area contributed by atoms with Crippen LogP contribution in [0.25, 0.3) is 0 Å². The molecule has 0 aromatic rings. The molecule has 1 aliphatic carbocycles. The van der Waals surface area contributed by atoms with Crippen LogP contribution in [0.5, 0.6) is 0 Å². The molecular formula is C14H24N2O2S. The van der Waals surface area contributed by atoms with Crippen LogP contribution in [0.15, 0.2) is 0 Å². The van der Waals surface area contributed by atoms with Crippen molar-refractivity contribution in [3.63, 3.8) is 0 Å². The Morgan fingerprint density at radius 2 is 2.11 bits per heavy atom. The van der Waals surface area contributed by atoms with Crippen molar-refractivity contribution >= 4 is 23.1 Å². The summed E-state index contributed by atoms with van der Waals surface area (Å²) in [5.41, 5.74) is 5.43. The summed E-state index contributed by atoms with van der Waals surface area (Å²) >= 11 is 5.22. The van der Waals surface area contributed by atoms with Gasteiger partial charge >= 0.3 is 0 Å². The number of nitrogens with one attached hydrogen (secondary N) is 1. The third kappa shape index (κ3) is 3.26. The van der Waals surface area contributed by atoms with E-state index in [1.54, 1.807) is 0 Å². The number of hydrogen-bond donors (Lipinski definition) is 2. The predicted octanol–water partition coefficient (Wildman–Crippen LogP) is 1.91. The van der Waals surface area contributed by atoms with Gasteiger partial charge in [0.1, 0.15) is 6.10 Å². The molecule has 5 heteroatoms. The summed E-state index contributed by atoms with van der Waals surface area (Å²) in [5.74, 6) is 0.697. The first-order valence-electron chi connectivity index (χ1n) is 7.31. The van der Waals surface area contributed by atoms with E-state index in [9.17, 15) is 4.79 Å². The van der Waals surface area contributed by atoms with Gasteiger partial charge in [0.2, 0.25) is 5.91 Å². The first-order chi connectivity index (χ1) is 9.07. The lowest BCUT2D eigenvalue weighted by atomic mass is 9.75. The van der Waals surface area contributed by atoms with Crippen LogP contribution >= 0.6 is 12.2 Å². The number of amides is 1. The summed E-state index contributed by atoms with van der Waals surface area (Å²) in [6.07, 6.45) is 6.52. The Kier molecular flexibility index (Phi) is 4.79. The normalized spacial score (nSPS) is 35.0. The van der Waals surface area contributed by atoms with Crippen molar-refractivity contribution in [2.24, 2.45) is 11.7 Å². The van der Waals surface area contributed by atoms with E-state index in [1.165, 1.54) is 6.42 Å². The SMILES string of the molecule is CCC1CCC(NC(=O)C2CCCO2)(C(N)=S)CC1. The van der Waals surface area contributed by atoms with Gasteiger partial charge in [-0.15, -0.1) is 0 Å². The van der Waals surface area contributed by atoms with Gasteiger partial charge in [0, 0.05) is 6.61 Å². The molecule has 0 bridgehead atoms. The second-order valence-electron chi connectivity index (χ2n) is 5.79. The van der Waals surface area contributed by atoms with Gasteiger partial charge in [-0.25, -0.2) is 0 Å². The number of ether oxygens (including phenoxy) is 1. The summed E-state index contributed by atoms with van der Waals surface area (Å²) in [7, 11) is 0. The van der Waals surface area contributed by atoms with Crippen molar-refractivity contribution in [3.05, 3.63) is 0 Å². The molecule has 0 radical (unpaired) electrons. The topological polar surface area (TPSA) is 64.3 Å². The Hall–Kier alpha value is -0.680. The van der Waals surface area contributed by atoms with Crippen LogP contribution in [0.3, 0.4) is 0 Å². The number of carbonyl (C=O) groups excluding carboxylic acids is 1. The maximum Gasteiger partial charge on any atom is 0.249 e. The Morgan fingerprint density at radius 3 is 2.58 bits per heavy atom. The van der Waals surface area contributed by atoms with Crippen molar-refractivity contribution in [2.45, 2.75) is 63.5 Å². The highest BCUT2D eigenvalue weighted by atomic mass is 32.1. The molecule has 1 amide bonds. The first-order valence-corrected chi connectivity index (χ1v) is 7.72. The summed E-state index contributed by atoms with van der Waals surface area (Å²) in [6.45, 7) is 2.89. The fourth-order valence-electron chi connectivity index (χ4n) is 3.11. The average Bonchev–Trinajstić information content (AvgIpc) is 2.93. The predicted molar refractivity (Wildman–Crippen MR) is 78.9 cm³/mol. The molecule has 2 aliphatic rings. The maximum absolute atomic E-state index is 12.2. The van der Waals surface area contributed by atoms with Crippen molar-refractivity contribution in [2.75, 3.05) is 6.61 Å². The standard InChI is InChI=1S/C14H24N2O2S/c1-2-10-5-7-14(8-6-10,13(15)19)16-12(17)11-4-3-9-18-11/h10-11H,2-9H2,1H3,(H2,15,19)(H,16,17). The summed E-state index contributed by atoms with van der Waals surface area (Å²) in [4.78, 5) is 12.6. The molecule has 1 saturated heterocycles. The minimum atomic E-state index is -0.482. The fraction of sp³-hybridized carbons (Fsp3) is 0.857. The monoisotopic (exact) mass is 284 g/mol. The van der Waals surface area contributed by atoms with Crippen LogP contribution < -0.4 is 11.1 Å². The maximum atomic E-state index is 12.2. The van der Waals surface area contributed by atoms with Gasteiger partial charge in [0.05, 0.1) is 10.5 Å². The number of hydrogen-bond acceptors (Lipinski definition) is 3. The minimum Gasteiger partial charge on any atom is -0.391 e. The van der Waals surface area contributed by atoms with E-state index in [-0.39, 0.29) is 12.0 Å². The van der Waals surface area contributed by atoms with Crippen LogP contribution in [0, 0.1) is 5.92 Å². The third-order valence-corrected chi connectivity index (χ3v) is 4.98. The number of nitrogens with two attached hydrogens (primary N) is 1. The van der Waals surface area contributed by atoms with E-state index in [2.05, 4.69) is 12.2 Å². The van der Waals surface area contributed by atoms with E-state index >= 15 is 0 Å². The van der Waals surface area contributed by atoms with Gasteiger partial charge in [-0.1, -0.05) is 25.6 Å². The van der Waals surface area contributed by atoms with Gasteiger partial charge in [-0.2, -0.15) is 0 Å². The lowest BCUT2D eigenvalue weighted by Crippen LogP contribution is -2.60.